The molecule has 148 valence electrons. The third kappa shape index (κ3) is 4.64. The van der Waals surface area contributed by atoms with E-state index in [1.54, 1.807) is 24.5 Å². The molecule has 0 saturated carbocycles. The molecule has 0 unspecified atom stereocenters. The summed E-state index contributed by atoms with van der Waals surface area (Å²) in [5, 5.41) is 6.86. The number of hydrogen-bond donors (Lipinski definition) is 1. The molecule has 5 nitrogen and oxygen atoms in total. The number of rotatable bonds is 6. The lowest BCUT2D eigenvalue weighted by atomic mass is 10.0. The third-order valence-corrected chi connectivity index (χ3v) is 4.77. The van der Waals surface area contributed by atoms with Gasteiger partial charge >= 0.3 is 0 Å². The number of ether oxygens (including phenoxy) is 1. The van der Waals surface area contributed by atoms with E-state index in [1.807, 2.05) is 60.7 Å². The number of halogens is 1. The van der Waals surface area contributed by atoms with Crippen LogP contribution in [0.3, 0.4) is 0 Å². The summed E-state index contributed by atoms with van der Waals surface area (Å²) in [6, 6.07) is 22.7. The van der Waals surface area contributed by atoms with E-state index in [4.69, 9.17) is 16.3 Å². The first-order chi connectivity index (χ1) is 14.7. The van der Waals surface area contributed by atoms with Gasteiger partial charge in [-0.1, -0.05) is 54.1 Å². The van der Waals surface area contributed by atoms with Crippen molar-refractivity contribution in [1.29, 1.82) is 0 Å². The molecule has 1 amide bonds. The van der Waals surface area contributed by atoms with Gasteiger partial charge in [0.1, 0.15) is 12.4 Å². The van der Waals surface area contributed by atoms with Crippen molar-refractivity contribution in [3.8, 4) is 5.75 Å². The van der Waals surface area contributed by atoms with Crippen LogP contribution in [0.1, 0.15) is 21.5 Å². The lowest BCUT2D eigenvalue weighted by molar-refractivity contribution is 0.0954. The van der Waals surface area contributed by atoms with Crippen molar-refractivity contribution in [3.05, 3.63) is 107 Å². The molecular formula is C24H18ClN3O2. The molecular weight excluding hydrogens is 398 g/mol. The van der Waals surface area contributed by atoms with Gasteiger partial charge in [-0.15, -0.1) is 0 Å². The number of nitrogens with zero attached hydrogens (tertiary/aromatic N) is 2. The minimum atomic E-state index is -0.330. The molecule has 0 aliphatic rings. The zero-order valence-corrected chi connectivity index (χ0v) is 16.7. The largest absolute Gasteiger partial charge is 0.488 e. The second kappa shape index (κ2) is 9.20. The predicted molar refractivity (Wildman–Crippen MR) is 119 cm³/mol. The molecule has 1 N–H and O–H groups in total. The van der Waals surface area contributed by atoms with Crippen molar-refractivity contribution in [3.63, 3.8) is 0 Å². The Balaban J connectivity index is 1.58. The van der Waals surface area contributed by atoms with Gasteiger partial charge in [0.25, 0.3) is 5.91 Å². The quantitative estimate of drug-likeness (QED) is 0.346. The van der Waals surface area contributed by atoms with Crippen LogP contribution in [0.4, 0.5) is 0 Å². The fourth-order valence-electron chi connectivity index (χ4n) is 2.99. The molecule has 0 radical (unpaired) electrons. The molecule has 3 aromatic carbocycles. The van der Waals surface area contributed by atoms with E-state index >= 15 is 0 Å². The van der Waals surface area contributed by atoms with Crippen molar-refractivity contribution in [2.75, 3.05) is 0 Å². The second-order valence-corrected chi connectivity index (χ2v) is 6.99. The summed E-state index contributed by atoms with van der Waals surface area (Å²) in [6.07, 6.45) is 4.71. The lowest BCUT2D eigenvalue weighted by Crippen LogP contribution is -2.17. The highest BCUT2D eigenvalue weighted by Crippen LogP contribution is 2.27. The van der Waals surface area contributed by atoms with Crippen LogP contribution >= 0.6 is 11.6 Å². The van der Waals surface area contributed by atoms with Crippen LogP contribution < -0.4 is 10.2 Å². The van der Waals surface area contributed by atoms with E-state index < -0.39 is 0 Å². The Hall–Kier alpha value is -3.70. The Morgan fingerprint density at radius 2 is 1.87 bits per heavy atom. The Labute approximate surface area is 179 Å². The Kier molecular flexibility index (Phi) is 6.01. The maximum Gasteiger partial charge on any atom is 0.272 e. The number of amides is 1. The molecule has 0 aliphatic heterocycles. The highest BCUT2D eigenvalue weighted by atomic mass is 35.5. The van der Waals surface area contributed by atoms with E-state index in [0.717, 1.165) is 21.9 Å². The molecule has 0 saturated heterocycles. The van der Waals surface area contributed by atoms with Gasteiger partial charge in [-0.05, 0) is 46.7 Å². The average molecular weight is 416 g/mol. The van der Waals surface area contributed by atoms with Crippen molar-refractivity contribution in [1.82, 2.24) is 10.4 Å². The van der Waals surface area contributed by atoms with E-state index in [9.17, 15) is 4.79 Å². The molecule has 4 aromatic rings. The van der Waals surface area contributed by atoms with Crippen LogP contribution in [0.25, 0.3) is 10.8 Å². The summed E-state index contributed by atoms with van der Waals surface area (Å²) in [5.74, 6) is 0.339. The molecule has 0 bridgehead atoms. The molecule has 30 heavy (non-hydrogen) atoms. The standard InChI is InChI=1S/C24H18ClN3O2/c25-20-10-7-17(8-11-20)16-30-23-12-9-18-4-1-2-6-21(18)22(23)15-27-28-24(29)19-5-3-13-26-14-19/h1-15H,16H2,(H,28,29)/b27-15-. The van der Waals surface area contributed by atoms with Crippen molar-refractivity contribution < 1.29 is 9.53 Å². The molecule has 0 aliphatic carbocycles. The van der Waals surface area contributed by atoms with Gasteiger partial charge in [0.2, 0.25) is 0 Å². The van der Waals surface area contributed by atoms with Gasteiger partial charge < -0.3 is 4.74 Å². The van der Waals surface area contributed by atoms with E-state index in [2.05, 4.69) is 15.5 Å². The number of hydrazone groups is 1. The van der Waals surface area contributed by atoms with E-state index in [-0.39, 0.29) is 5.91 Å². The van der Waals surface area contributed by atoms with E-state index in [0.29, 0.717) is 22.9 Å². The highest BCUT2D eigenvalue weighted by Gasteiger charge is 2.09. The monoisotopic (exact) mass is 415 g/mol. The van der Waals surface area contributed by atoms with Crippen molar-refractivity contribution >= 4 is 34.5 Å². The molecule has 0 fully saturated rings. The minimum absolute atomic E-state index is 0.330. The van der Waals surface area contributed by atoms with Gasteiger partial charge in [-0.25, -0.2) is 5.43 Å². The fraction of sp³-hybridized carbons (Fsp3) is 0.0417. The summed E-state index contributed by atoms with van der Waals surface area (Å²) >= 11 is 5.95. The number of carbonyl (C=O) groups excluding carboxylic acids is 1. The van der Waals surface area contributed by atoms with E-state index in [1.165, 1.54) is 6.20 Å². The SMILES string of the molecule is O=C(N/N=C\c1c(OCc2ccc(Cl)cc2)ccc2ccccc12)c1cccnc1. The first-order valence-electron chi connectivity index (χ1n) is 9.33. The number of carbonyl (C=O) groups is 1. The summed E-state index contributed by atoms with van der Waals surface area (Å²) in [6.45, 7) is 0.387. The average Bonchev–Trinajstić information content (AvgIpc) is 2.80. The number of aromatic nitrogens is 1. The minimum Gasteiger partial charge on any atom is -0.488 e. The van der Waals surface area contributed by atoms with Crippen LogP contribution in [0.15, 0.2) is 90.3 Å². The van der Waals surface area contributed by atoms with Crippen LogP contribution in [0, 0.1) is 0 Å². The third-order valence-electron chi connectivity index (χ3n) is 4.52. The number of fused-ring (bicyclic) bond motifs is 1. The predicted octanol–water partition coefficient (Wildman–Crippen LogP) is 5.23. The molecule has 0 spiro atoms. The number of pyridine rings is 1. The topological polar surface area (TPSA) is 63.6 Å². The van der Waals surface area contributed by atoms with Gasteiger partial charge in [-0.3, -0.25) is 9.78 Å². The van der Waals surface area contributed by atoms with Gasteiger partial charge in [0.05, 0.1) is 11.8 Å². The Morgan fingerprint density at radius 3 is 2.67 bits per heavy atom. The normalized spacial score (nSPS) is 11.0. The van der Waals surface area contributed by atoms with Crippen LogP contribution in [0.2, 0.25) is 5.02 Å². The van der Waals surface area contributed by atoms with Crippen LogP contribution in [-0.4, -0.2) is 17.1 Å². The Bertz CT molecular complexity index is 1190. The highest BCUT2D eigenvalue weighted by molar-refractivity contribution is 6.30. The zero-order chi connectivity index (χ0) is 20.8. The van der Waals surface area contributed by atoms with Crippen LogP contribution in [0.5, 0.6) is 5.75 Å². The van der Waals surface area contributed by atoms with Gasteiger partial charge in [-0.2, -0.15) is 5.10 Å². The molecule has 6 heteroatoms. The fourth-order valence-corrected chi connectivity index (χ4v) is 3.12. The maximum absolute atomic E-state index is 12.2. The molecule has 0 atom stereocenters. The maximum atomic E-state index is 12.2. The van der Waals surface area contributed by atoms with Crippen molar-refractivity contribution in [2.45, 2.75) is 6.61 Å². The second-order valence-electron chi connectivity index (χ2n) is 6.55. The zero-order valence-electron chi connectivity index (χ0n) is 16.0. The number of benzene rings is 3. The molecule has 4 rings (SSSR count). The number of hydrogen-bond acceptors (Lipinski definition) is 4. The molecule has 1 heterocycles. The molecule has 1 aromatic heterocycles. The lowest BCUT2D eigenvalue weighted by Gasteiger charge is -2.12. The van der Waals surface area contributed by atoms with Gasteiger partial charge in [0.15, 0.2) is 0 Å². The summed E-state index contributed by atoms with van der Waals surface area (Å²) < 4.78 is 6.06. The number of nitrogens with one attached hydrogen (secondary N) is 1. The summed E-state index contributed by atoms with van der Waals surface area (Å²) in [7, 11) is 0. The Morgan fingerprint density at radius 1 is 1.03 bits per heavy atom. The van der Waals surface area contributed by atoms with Crippen molar-refractivity contribution in [2.24, 2.45) is 5.10 Å². The summed E-state index contributed by atoms with van der Waals surface area (Å²) in [4.78, 5) is 16.2. The first-order valence-corrected chi connectivity index (χ1v) is 9.71. The smallest absolute Gasteiger partial charge is 0.272 e. The first kappa shape index (κ1) is 19.6. The van der Waals surface area contributed by atoms with Crippen LogP contribution in [-0.2, 0) is 6.61 Å². The van der Waals surface area contributed by atoms with Gasteiger partial charge in [0, 0.05) is 23.0 Å². The summed E-state index contributed by atoms with van der Waals surface area (Å²) in [5.41, 5.74) is 4.76.